The van der Waals surface area contributed by atoms with Crippen molar-refractivity contribution in [3.8, 4) is 0 Å². The number of carbonyl (C=O) groups excluding carboxylic acids is 1. The molecule has 1 aliphatic rings. The second kappa shape index (κ2) is 8.88. The van der Waals surface area contributed by atoms with Gasteiger partial charge in [0.15, 0.2) is 0 Å². The number of benzene rings is 1. The lowest BCUT2D eigenvalue weighted by Gasteiger charge is -2.30. The van der Waals surface area contributed by atoms with Crippen LogP contribution in [0.25, 0.3) is 0 Å². The highest BCUT2D eigenvalue weighted by Crippen LogP contribution is 2.21. The van der Waals surface area contributed by atoms with E-state index < -0.39 is 0 Å². The smallest absolute Gasteiger partial charge is 0.223 e. The Balaban J connectivity index is 1.90. The summed E-state index contributed by atoms with van der Waals surface area (Å²) in [5.74, 6) is 0.920. The SMILES string of the molecule is C=CCN(Cc1ccccc1C)C(=O)CC[C@@H]1CCCN(C)C1. The molecule has 0 spiro atoms. The van der Waals surface area contributed by atoms with Gasteiger partial charge in [0.1, 0.15) is 0 Å². The first-order valence-electron chi connectivity index (χ1n) is 8.72. The fourth-order valence-corrected chi connectivity index (χ4v) is 3.40. The van der Waals surface area contributed by atoms with Crippen LogP contribution in [0.3, 0.4) is 0 Å². The van der Waals surface area contributed by atoms with E-state index in [2.05, 4.69) is 37.6 Å². The standard InChI is InChI=1S/C20H30N2O/c1-4-13-22(16-19-10-6-5-8-17(19)2)20(23)12-11-18-9-7-14-21(3)15-18/h4-6,8,10,18H,1,7,9,11-16H2,2-3H3/t18-/m0/s1. The predicted octanol–water partition coefficient (Wildman–Crippen LogP) is 3.63. The molecule has 0 N–H and O–H groups in total. The molecule has 126 valence electrons. The first-order chi connectivity index (χ1) is 11.1. The van der Waals surface area contributed by atoms with Gasteiger partial charge < -0.3 is 9.80 Å². The molecule has 3 heteroatoms. The molecule has 0 unspecified atom stereocenters. The van der Waals surface area contributed by atoms with E-state index in [9.17, 15) is 4.79 Å². The molecule has 0 aliphatic carbocycles. The number of aryl methyl sites for hydroxylation is 1. The second-order valence-electron chi connectivity index (χ2n) is 6.80. The summed E-state index contributed by atoms with van der Waals surface area (Å²) in [6.07, 6.45) is 6.00. The molecule has 1 saturated heterocycles. The number of rotatable bonds is 7. The molecule has 1 atom stereocenters. The monoisotopic (exact) mass is 314 g/mol. The second-order valence-corrected chi connectivity index (χ2v) is 6.80. The Labute approximate surface area is 141 Å². The molecule has 0 bridgehead atoms. The highest BCUT2D eigenvalue weighted by molar-refractivity contribution is 5.76. The van der Waals surface area contributed by atoms with Crippen LogP contribution in [0, 0.1) is 12.8 Å². The van der Waals surface area contributed by atoms with Crippen molar-refractivity contribution in [2.24, 2.45) is 5.92 Å². The summed E-state index contributed by atoms with van der Waals surface area (Å²) in [4.78, 5) is 17.0. The van der Waals surface area contributed by atoms with Gasteiger partial charge in [-0.05, 0) is 56.8 Å². The Kier molecular flexibility index (Phi) is 6.85. The maximum absolute atomic E-state index is 12.6. The molecular formula is C20H30N2O. The van der Waals surface area contributed by atoms with Gasteiger partial charge in [-0.15, -0.1) is 6.58 Å². The van der Waals surface area contributed by atoms with Gasteiger partial charge in [-0.1, -0.05) is 30.3 Å². The van der Waals surface area contributed by atoms with Crippen LogP contribution in [-0.4, -0.2) is 42.4 Å². The number of nitrogens with zero attached hydrogens (tertiary/aromatic N) is 2. The average molecular weight is 314 g/mol. The Morgan fingerprint density at radius 1 is 1.43 bits per heavy atom. The zero-order chi connectivity index (χ0) is 16.7. The van der Waals surface area contributed by atoms with E-state index in [1.165, 1.54) is 30.5 Å². The van der Waals surface area contributed by atoms with Crippen molar-refractivity contribution in [1.29, 1.82) is 0 Å². The van der Waals surface area contributed by atoms with Crippen molar-refractivity contribution in [2.45, 2.75) is 39.2 Å². The molecule has 1 aliphatic heterocycles. The van der Waals surface area contributed by atoms with Gasteiger partial charge in [-0.2, -0.15) is 0 Å². The third kappa shape index (κ3) is 5.51. The first-order valence-corrected chi connectivity index (χ1v) is 8.72. The summed E-state index contributed by atoms with van der Waals surface area (Å²) in [6, 6.07) is 8.29. The van der Waals surface area contributed by atoms with Gasteiger partial charge in [-0.3, -0.25) is 4.79 Å². The van der Waals surface area contributed by atoms with Crippen LogP contribution in [0.15, 0.2) is 36.9 Å². The molecule has 23 heavy (non-hydrogen) atoms. The zero-order valence-corrected chi connectivity index (χ0v) is 14.6. The van der Waals surface area contributed by atoms with Gasteiger partial charge >= 0.3 is 0 Å². The van der Waals surface area contributed by atoms with E-state index in [1.54, 1.807) is 0 Å². The van der Waals surface area contributed by atoms with Crippen LogP contribution in [0.5, 0.6) is 0 Å². The van der Waals surface area contributed by atoms with Crippen molar-refractivity contribution >= 4 is 5.91 Å². The number of piperidine rings is 1. The minimum Gasteiger partial charge on any atom is -0.335 e. The normalized spacial score (nSPS) is 18.6. The largest absolute Gasteiger partial charge is 0.335 e. The number of hydrogen-bond acceptors (Lipinski definition) is 2. The summed E-state index contributed by atoms with van der Waals surface area (Å²) in [5.41, 5.74) is 2.46. The summed E-state index contributed by atoms with van der Waals surface area (Å²) in [6.45, 7) is 9.54. The molecule has 1 fully saturated rings. The Bertz CT molecular complexity index is 526. The fourth-order valence-electron chi connectivity index (χ4n) is 3.40. The summed E-state index contributed by atoms with van der Waals surface area (Å²) in [5, 5.41) is 0. The number of amides is 1. The molecular weight excluding hydrogens is 284 g/mol. The zero-order valence-electron chi connectivity index (χ0n) is 14.6. The number of hydrogen-bond donors (Lipinski definition) is 0. The lowest BCUT2D eigenvalue weighted by Crippen LogP contribution is -2.34. The van der Waals surface area contributed by atoms with Crippen LogP contribution in [-0.2, 0) is 11.3 Å². The average Bonchev–Trinajstić information content (AvgIpc) is 2.54. The molecule has 1 heterocycles. The van der Waals surface area contributed by atoms with E-state index in [0.29, 0.717) is 25.4 Å². The van der Waals surface area contributed by atoms with Gasteiger partial charge in [0.2, 0.25) is 5.91 Å². The Morgan fingerprint density at radius 2 is 2.22 bits per heavy atom. The van der Waals surface area contributed by atoms with E-state index in [-0.39, 0.29) is 5.91 Å². The molecule has 0 radical (unpaired) electrons. The first kappa shape index (κ1) is 17.7. The van der Waals surface area contributed by atoms with Gasteiger partial charge in [0, 0.05) is 26.1 Å². The molecule has 2 rings (SSSR count). The van der Waals surface area contributed by atoms with E-state index in [4.69, 9.17) is 0 Å². The topological polar surface area (TPSA) is 23.6 Å². The highest BCUT2D eigenvalue weighted by atomic mass is 16.2. The van der Waals surface area contributed by atoms with Gasteiger partial charge in [0.05, 0.1) is 0 Å². The minimum atomic E-state index is 0.251. The van der Waals surface area contributed by atoms with Gasteiger partial charge in [0.25, 0.3) is 0 Å². The van der Waals surface area contributed by atoms with Gasteiger partial charge in [-0.25, -0.2) is 0 Å². The summed E-state index contributed by atoms with van der Waals surface area (Å²) >= 11 is 0. The lowest BCUT2D eigenvalue weighted by molar-refractivity contribution is -0.131. The lowest BCUT2D eigenvalue weighted by atomic mass is 9.93. The molecule has 0 saturated carbocycles. The highest BCUT2D eigenvalue weighted by Gasteiger charge is 2.20. The van der Waals surface area contributed by atoms with Crippen LogP contribution in [0.2, 0.25) is 0 Å². The van der Waals surface area contributed by atoms with E-state index in [1.807, 2.05) is 23.1 Å². The summed E-state index contributed by atoms with van der Waals surface area (Å²) < 4.78 is 0. The van der Waals surface area contributed by atoms with Crippen molar-refractivity contribution in [3.05, 3.63) is 48.0 Å². The van der Waals surface area contributed by atoms with E-state index >= 15 is 0 Å². The minimum absolute atomic E-state index is 0.251. The molecule has 1 aromatic rings. The third-order valence-electron chi connectivity index (χ3n) is 4.81. The molecule has 1 amide bonds. The van der Waals surface area contributed by atoms with E-state index in [0.717, 1.165) is 13.0 Å². The Morgan fingerprint density at radius 3 is 2.91 bits per heavy atom. The maximum atomic E-state index is 12.6. The number of likely N-dealkylation sites (tertiary alicyclic amines) is 1. The Hall–Kier alpha value is -1.61. The third-order valence-corrected chi connectivity index (χ3v) is 4.81. The number of carbonyl (C=O) groups is 1. The molecule has 3 nitrogen and oxygen atoms in total. The fraction of sp³-hybridized carbons (Fsp3) is 0.550. The maximum Gasteiger partial charge on any atom is 0.223 e. The predicted molar refractivity (Wildman–Crippen MR) is 96.2 cm³/mol. The quantitative estimate of drug-likeness (QED) is 0.718. The van der Waals surface area contributed by atoms with Crippen LogP contribution in [0.4, 0.5) is 0 Å². The van der Waals surface area contributed by atoms with Crippen LogP contribution >= 0.6 is 0 Å². The van der Waals surface area contributed by atoms with Crippen LogP contribution < -0.4 is 0 Å². The van der Waals surface area contributed by atoms with Crippen molar-refractivity contribution in [2.75, 3.05) is 26.7 Å². The van der Waals surface area contributed by atoms with Crippen LogP contribution in [0.1, 0.15) is 36.8 Å². The molecule has 0 aromatic heterocycles. The molecule has 1 aromatic carbocycles. The van der Waals surface area contributed by atoms with Crippen molar-refractivity contribution in [3.63, 3.8) is 0 Å². The van der Waals surface area contributed by atoms with Crippen molar-refractivity contribution < 1.29 is 4.79 Å². The van der Waals surface area contributed by atoms with Crippen molar-refractivity contribution in [1.82, 2.24) is 9.80 Å². The summed E-state index contributed by atoms with van der Waals surface area (Å²) in [7, 11) is 2.18.